The number of benzene rings is 1. The minimum absolute atomic E-state index is 0.00796. The number of anilines is 2. The molecular weight excluding hydrogens is 232 g/mol. The van der Waals surface area contributed by atoms with Crippen molar-refractivity contribution in [2.45, 2.75) is 13.5 Å². The van der Waals surface area contributed by atoms with Gasteiger partial charge in [0.1, 0.15) is 0 Å². The van der Waals surface area contributed by atoms with E-state index in [-0.39, 0.29) is 6.61 Å². The van der Waals surface area contributed by atoms with Crippen LogP contribution in [0.3, 0.4) is 0 Å². The van der Waals surface area contributed by atoms with Gasteiger partial charge in [-0.1, -0.05) is 15.9 Å². The zero-order chi connectivity index (χ0) is 9.84. The average Bonchev–Trinajstić information content (AvgIpc) is 2.09. The van der Waals surface area contributed by atoms with Gasteiger partial charge in [0.15, 0.2) is 0 Å². The summed E-state index contributed by atoms with van der Waals surface area (Å²) in [6, 6.07) is 3.67. The van der Waals surface area contributed by atoms with Crippen molar-refractivity contribution in [1.29, 1.82) is 0 Å². The highest BCUT2D eigenvalue weighted by Gasteiger charge is 2.05. The fraction of sp³-hybridized carbons (Fsp3) is 0.333. The Morgan fingerprint density at radius 3 is 2.77 bits per heavy atom. The first-order chi connectivity index (χ1) is 6.19. The van der Waals surface area contributed by atoms with Crippen molar-refractivity contribution in [2.24, 2.45) is 0 Å². The van der Waals surface area contributed by atoms with Crippen molar-refractivity contribution < 1.29 is 5.11 Å². The van der Waals surface area contributed by atoms with Crippen LogP contribution in [0.25, 0.3) is 0 Å². The predicted octanol–water partition coefficient (Wildman–Crippen LogP) is 1.96. The lowest BCUT2D eigenvalue weighted by Crippen LogP contribution is -2.04. The van der Waals surface area contributed by atoms with Crippen molar-refractivity contribution in [2.75, 3.05) is 17.6 Å². The van der Waals surface area contributed by atoms with Crippen LogP contribution in [0.4, 0.5) is 11.4 Å². The van der Waals surface area contributed by atoms with Crippen LogP contribution in [-0.2, 0) is 6.61 Å². The molecule has 1 aromatic rings. The van der Waals surface area contributed by atoms with Gasteiger partial charge in [-0.05, 0) is 19.1 Å². The van der Waals surface area contributed by atoms with E-state index in [1.54, 1.807) is 0 Å². The number of rotatable bonds is 3. The van der Waals surface area contributed by atoms with Crippen LogP contribution in [0.5, 0.6) is 0 Å². The van der Waals surface area contributed by atoms with Gasteiger partial charge in [0.05, 0.1) is 18.0 Å². The van der Waals surface area contributed by atoms with Crippen LogP contribution in [0.1, 0.15) is 12.5 Å². The summed E-state index contributed by atoms with van der Waals surface area (Å²) in [5.41, 5.74) is 8.07. The monoisotopic (exact) mass is 244 g/mol. The molecule has 0 spiro atoms. The first-order valence-corrected chi connectivity index (χ1v) is 4.91. The number of hydrogen-bond donors (Lipinski definition) is 3. The number of aliphatic hydroxyl groups is 1. The molecule has 0 atom stereocenters. The molecule has 1 aromatic carbocycles. The lowest BCUT2D eigenvalue weighted by molar-refractivity contribution is 0.282. The Morgan fingerprint density at radius 1 is 1.54 bits per heavy atom. The predicted molar refractivity (Wildman–Crippen MR) is 58.6 cm³/mol. The molecule has 4 N–H and O–H groups in total. The average molecular weight is 245 g/mol. The zero-order valence-corrected chi connectivity index (χ0v) is 9.06. The van der Waals surface area contributed by atoms with E-state index >= 15 is 0 Å². The third-order valence-corrected chi connectivity index (χ3v) is 2.20. The minimum atomic E-state index is -0.00796. The van der Waals surface area contributed by atoms with Crippen LogP contribution in [0, 0.1) is 0 Å². The van der Waals surface area contributed by atoms with Gasteiger partial charge in [0.2, 0.25) is 0 Å². The van der Waals surface area contributed by atoms with E-state index in [1.807, 2.05) is 19.1 Å². The lowest BCUT2D eigenvalue weighted by Gasteiger charge is -2.12. The molecule has 4 heteroatoms. The normalized spacial score (nSPS) is 10.1. The molecule has 0 radical (unpaired) electrons. The molecule has 0 aliphatic heterocycles. The lowest BCUT2D eigenvalue weighted by atomic mass is 10.1. The maximum Gasteiger partial charge on any atom is 0.0703 e. The van der Waals surface area contributed by atoms with Gasteiger partial charge in [-0.3, -0.25) is 0 Å². The minimum Gasteiger partial charge on any atom is -0.397 e. The van der Waals surface area contributed by atoms with Gasteiger partial charge in [-0.15, -0.1) is 0 Å². The Balaban J connectivity index is 3.13. The Bertz CT molecular complexity index is 302. The van der Waals surface area contributed by atoms with Crippen LogP contribution >= 0.6 is 15.9 Å². The molecule has 0 bridgehead atoms. The highest BCUT2D eigenvalue weighted by molar-refractivity contribution is 9.10. The van der Waals surface area contributed by atoms with Crippen molar-refractivity contribution in [3.63, 3.8) is 0 Å². The second-order valence-corrected chi connectivity index (χ2v) is 3.63. The quantitative estimate of drug-likeness (QED) is 0.713. The molecule has 3 nitrogen and oxygen atoms in total. The number of hydrogen-bond acceptors (Lipinski definition) is 3. The summed E-state index contributed by atoms with van der Waals surface area (Å²) in [7, 11) is 0. The van der Waals surface area contributed by atoms with Gasteiger partial charge >= 0.3 is 0 Å². The smallest absolute Gasteiger partial charge is 0.0703 e. The second kappa shape index (κ2) is 4.48. The SMILES string of the molecule is CCNc1c(N)cc(Br)cc1CO. The molecule has 0 fully saturated rings. The van der Waals surface area contributed by atoms with Crippen molar-refractivity contribution >= 4 is 27.3 Å². The van der Waals surface area contributed by atoms with Crippen LogP contribution in [0.15, 0.2) is 16.6 Å². The molecule has 0 aromatic heterocycles. The zero-order valence-electron chi connectivity index (χ0n) is 7.47. The summed E-state index contributed by atoms with van der Waals surface area (Å²) in [5.74, 6) is 0. The Morgan fingerprint density at radius 2 is 2.23 bits per heavy atom. The summed E-state index contributed by atoms with van der Waals surface area (Å²) in [5, 5.41) is 12.2. The van der Waals surface area contributed by atoms with Crippen LogP contribution in [0.2, 0.25) is 0 Å². The van der Waals surface area contributed by atoms with E-state index in [4.69, 9.17) is 10.8 Å². The highest BCUT2D eigenvalue weighted by atomic mass is 79.9. The van der Waals surface area contributed by atoms with Crippen molar-refractivity contribution in [1.82, 2.24) is 0 Å². The summed E-state index contributed by atoms with van der Waals surface area (Å²) in [6.45, 7) is 2.77. The van der Waals surface area contributed by atoms with Crippen molar-refractivity contribution in [3.8, 4) is 0 Å². The molecular formula is C9H13BrN2O. The summed E-state index contributed by atoms with van der Waals surface area (Å²) >= 11 is 3.32. The van der Waals surface area contributed by atoms with Crippen molar-refractivity contribution in [3.05, 3.63) is 22.2 Å². The maximum atomic E-state index is 9.08. The molecule has 0 unspecified atom stereocenters. The van der Waals surface area contributed by atoms with E-state index in [0.717, 1.165) is 22.3 Å². The Labute approximate surface area is 86.1 Å². The Hall–Kier alpha value is -0.740. The van der Waals surface area contributed by atoms with E-state index < -0.39 is 0 Å². The highest BCUT2D eigenvalue weighted by Crippen LogP contribution is 2.28. The first-order valence-electron chi connectivity index (χ1n) is 4.11. The van der Waals surface area contributed by atoms with Crippen LogP contribution in [-0.4, -0.2) is 11.7 Å². The second-order valence-electron chi connectivity index (χ2n) is 2.72. The fourth-order valence-electron chi connectivity index (χ4n) is 1.20. The first kappa shape index (κ1) is 10.3. The number of aliphatic hydroxyl groups excluding tert-OH is 1. The summed E-state index contributed by atoms with van der Waals surface area (Å²) < 4.78 is 0.885. The molecule has 0 amide bonds. The van der Waals surface area contributed by atoms with E-state index in [0.29, 0.717) is 5.69 Å². The summed E-state index contributed by atoms with van der Waals surface area (Å²) in [4.78, 5) is 0. The van der Waals surface area contributed by atoms with E-state index in [1.165, 1.54) is 0 Å². The molecule has 0 aliphatic rings. The number of nitrogens with one attached hydrogen (secondary N) is 1. The van der Waals surface area contributed by atoms with Gasteiger partial charge in [0, 0.05) is 16.6 Å². The maximum absolute atomic E-state index is 9.08. The number of halogens is 1. The van der Waals surface area contributed by atoms with Gasteiger partial charge in [-0.25, -0.2) is 0 Å². The standard InChI is InChI=1S/C9H13BrN2O/c1-2-12-9-6(5-13)3-7(10)4-8(9)11/h3-4,12-13H,2,5,11H2,1H3. The largest absolute Gasteiger partial charge is 0.397 e. The van der Waals surface area contributed by atoms with Gasteiger partial charge in [-0.2, -0.15) is 0 Å². The molecule has 72 valence electrons. The topological polar surface area (TPSA) is 58.3 Å². The third kappa shape index (κ3) is 2.35. The molecule has 0 saturated heterocycles. The number of nitrogens with two attached hydrogens (primary N) is 1. The van der Waals surface area contributed by atoms with Gasteiger partial charge in [0.25, 0.3) is 0 Å². The van der Waals surface area contributed by atoms with E-state index in [9.17, 15) is 0 Å². The molecule has 0 aliphatic carbocycles. The van der Waals surface area contributed by atoms with Crippen LogP contribution < -0.4 is 11.1 Å². The number of nitrogen functional groups attached to an aromatic ring is 1. The molecule has 13 heavy (non-hydrogen) atoms. The Kier molecular flexibility index (Phi) is 3.57. The molecule has 0 saturated carbocycles. The molecule has 0 heterocycles. The van der Waals surface area contributed by atoms with E-state index in [2.05, 4.69) is 21.2 Å². The van der Waals surface area contributed by atoms with Gasteiger partial charge < -0.3 is 16.2 Å². The fourth-order valence-corrected chi connectivity index (χ4v) is 1.73. The summed E-state index contributed by atoms with van der Waals surface area (Å²) in [6.07, 6.45) is 0. The third-order valence-electron chi connectivity index (χ3n) is 1.74. The molecule has 1 rings (SSSR count).